The van der Waals surface area contributed by atoms with Crippen molar-refractivity contribution in [2.24, 2.45) is 11.8 Å². The number of ether oxygens (including phenoxy) is 1. The minimum absolute atomic E-state index is 0.0633. The van der Waals surface area contributed by atoms with Crippen molar-refractivity contribution in [2.45, 2.75) is 57.0 Å². The van der Waals surface area contributed by atoms with Gasteiger partial charge in [-0.25, -0.2) is 9.18 Å². The summed E-state index contributed by atoms with van der Waals surface area (Å²) in [6.07, 6.45) is 5.72. The van der Waals surface area contributed by atoms with E-state index in [9.17, 15) is 14.0 Å². The second-order valence-corrected chi connectivity index (χ2v) is 9.05. The van der Waals surface area contributed by atoms with E-state index in [1.807, 2.05) is 0 Å². The third-order valence-corrected chi connectivity index (χ3v) is 7.12. The molecule has 0 unspecified atom stereocenters. The fraction of sp³-hybridized carbons (Fsp3) is 0.652. The quantitative estimate of drug-likeness (QED) is 0.781. The van der Waals surface area contributed by atoms with Crippen LogP contribution >= 0.6 is 0 Å². The van der Waals surface area contributed by atoms with E-state index in [-0.39, 0.29) is 23.1 Å². The van der Waals surface area contributed by atoms with E-state index in [0.717, 1.165) is 58.2 Å². The fourth-order valence-electron chi connectivity index (χ4n) is 5.20. The summed E-state index contributed by atoms with van der Waals surface area (Å²) in [5.74, 6) is -0.222. The first-order valence-corrected chi connectivity index (χ1v) is 10.8. The van der Waals surface area contributed by atoms with Crippen molar-refractivity contribution in [3.05, 3.63) is 35.1 Å². The molecule has 1 saturated carbocycles. The fourth-order valence-corrected chi connectivity index (χ4v) is 5.20. The number of Topliss-reactive ketones (excluding diaryl/α,β-unsaturated/α-hetero) is 1. The highest BCUT2D eigenvalue weighted by atomic mass is 19.1. The highest BCUT2D eigenvalue weighted by Crippen LogP contribution is 2.47. The maximum atomic E-state index is 14.2. The minimum atomic E-state index is -1.02. The molecule has 2 atom stereocenters. The van der Waals surface area contributed by atoms with Crippen LogP contribution < -0.4 is 0 Å². The Bertz CT molecular complexity index is 775. The van der Waals surface area contributed by atoms with Gasteiger partial charge in [0.25, 0.3) is 0 Å². The number of carboxylic acid groups (broad SMARTS) is 1. The van der Waals surface area contributed by atoms with Gasteiger partial charge in [0.05, 0.1) is 12.2 Å². The number of carbonyl (C=O) groups is 2. The normalized spacial score (nSPS) is 29.0. The topological polar surface area (TPSA) is 66.8 Å². The van der Waals surface area contributed by atoms with Crippen molar-refractivity contribution >= 4 is 11.8 Å². The zero-order chi connectivity index (χ0) is 20.6. The zero-order valence-electron chi connectivity index (χ0n) is 17.0. The number of piperidine rings is 1. The van der Waals surface area contributed by atoms with Gasteiger partial charge in [-0.05, 0) is 100 Å². The second-order valence-electron chi connectivity index (χ2n) is 9.05. The molecule has 2 saturated heterocycles. The summed E-state index contributed by atoms with van der Waals surface area (Å²) in [5.41, 5.74) is 0.157. The van der Waals surface area contributed by atoms with Gasteiger partial charge < -0.3 is 14.7 Å². The summed E-state index contributed by atoms with van der Waals surface area (Å²) >= 11 is 0. The Kier molecular flexibility index (Phi) is 5.76. The van der Waals surface area contributed by atoms with E-state index in [4.69, 9.17) is 9.84 Å². The highest BCUT2D eigenvalue weighted by molar-refractivity contribution is 5.87. The number of aromatic carboxylic acids is 1. The molecular formula is C23H30FNO4. The van der Waals surface area contributed by atoms with Crippen molar-refractivity contribution < 1.29 is 23.8 Å². The summed E-state index contributed by atoms with van der Waals surface area (Å²) in [6.45, 7) is 5.01. The Morgan fingerprint density at radius 3 is 2.48 bits per heavy atom. The average Bonchev–Trinajstić information content (AvgIpc) is 3.55. The molecule has 4 rings (SSSR count). The van der Waals surface area contributed by atoms with Crippen LogP contribution in [-0.4, -0.2) is 53.6 Å². The van der Waals surface area contributed by atoms with Crippen LogP contribution in [0.4, 0.5) is 4.39 Å². The zero-order valence-corrected chi connectivity index (χ0v) is 17.0. The number of ketones is 1. The number of hydrogen-bond acceptors (Lipinski definition) is 4. The maximum absolute atomic E-state index is 14.2. The van der Waals surface area contributed by atoms with E-state index in [1.54, 1.807) is 6.92 Å². The Morgan fingerprint density at radius 2 is 1.93 bits per heavy atom. The average molecular weight is 403 g/mol. The number of carbonyl (C=O) groups excluding carboxylic acids is 1. The van der Waals surface area contributed by atoms with Gasteiger partial charge in [0, 0.05) is 6.54 Å². The molecule has 5 nitrogen and oxygen atoms in total. The summed E-state index contributed by atoms with van der Waals surface area (Å²) in [6, 6.07) is 4.08. The Morgan fingerprint density at radius 1 is 1.21 bits per heavy atom. The molecule has 1 aliphatic carbocycles. The van der Waals surface area contributed by atoms with Gasteiger partial charge >= 0.3 is 5.97 Å². The van der Waals surface area contributed by atoms with Gasteiger partial charge in [-0.2, -0.15) is 0 Å². The minimum Gasteiger partial charge on any atom is -0.478 e. The smallest absolute Gasteiger partial charge is 0.335 e. The SMILES string of the molecule is CC(=O)[C@@]1(C2CC2)CC[C@@H](CN2CCC(c3cc(C(=O)O)ccc3F)CC2)CO1. The van der Waals surface area contributed by atoms with Gasteiger partial charge in [-0.3, -0.25) is 4.79 Å². The van der Waals surface area contributed by atoms with Crippen molar-refractivity contribution in [1.82, 2.24) is 4.90 Å². The molecule has 0 spiro atoms. The molecule has 3 fully saturated rings. The van der Waals surface area contributed by atoms with Crippen molar-refractivity contribution in [2.75, 3.05) is 26.2 Å². The van der Waals surface area contributed by atoms with Crippen LogP contribution in [0, 0.1) is 17.7 Å². The molecule has 0 amide bonds. The van der Waals surface area contributed by atoms with E-state index >= 15 is 0 Å². The standard InChI is InChI=1S/C23H30FNO4/c1-15(26)23(19-3-4-19)9-6-16(14-29-23)13-25-10-7-17(8-11-25)20-12-18(22(27)28)2-5-21(20)24/h2,5,12,16-17,19H,3-4,6-11,13-14H2,1H3,(H,27,28)/t16-,23+/m0/s1. The summed E-state index contributed by atoms with van der Waals surface area (Å²) in [5, 5.41) is 9.17. The van der Waals surface area contributed by atoms with Gasteiger partial charge in [-0.1, -0.05) is 0 Å². The number of rotatable bonds is 6. The van der Waals surface area contributed by atoms with Crippen molar-refractivity contribution in [3.63, 3.8) is 0 Å². The monoisotopic (exact) mass is 403 g/mol. The molecule has 2 aliphatic heterocycles. The lowest BCUT2D eigenvalue weighted by Gasteiger charge is -2.41. The lowest BCUT2D eigenvalue weighted by Crippen LogP contribution is -2.49. The lowest BCUT2D eigenvalue weighted by atomic mass is 9.82. The van der Waals surface area contributed by atoms with Gasteiger partial charge in [0.1, 0.15) is 11.4 Å². The predicted octanol–water partition coefficient (Wildman–Crippen LogP) is 3.87. The number of likely N-dealkylation sites (tertiary alicyclic amines) is 1. The van der Waals surface area contributed by atoms with Crippen LogP contribution in [0.5, 0.6) is 0 Å². The first-order valence-electron chi connectivity index (χ1n) is 10.8. The van der Waals surface area contributed by atoms with Crippen molar-refractivity contribution in [1.29, 1.82) is 0 Å². The molecule has 3 aliphatic rings. The van der Waals surface area contributed by atoms with Crippen LogP contribution in [0.25, 0.3) is 0 Å². The molecular weight excluding hydrogens is 373 g/mol. The van der Waals surface area contributed by atoms with Gasteiger partial charge in [0.15, 0.2) is 5.78 Å². The number of hydrogen-bond donors (Lipinski definition) is 1. The van der Waals surface area contributed by atoms with Crippen LogP contribution in [-0.2, 0) is 9.53 Å². The van der Waals surface area contributed by atoms with E-state index in [2.05, 4.69) is 4.90 Å². The van der Waals surface area contributed by atoms with Gasteiger partial charge in [-0.15, -0.1) is 0 Å². The van der Waals surface area contributed by atoms with Crippen molar-refractivity contribution in [3.8, 4) is 0 Å². The van der Waals surface area contributed by atoms with Crippen LogP contribution in [0.15, 0.2) is 18.2 Å². The highest BCUT2D eigenvalue weighted by Gasteiger charge is 2.51. The molecule has 0 aromatic heterocycles. The molecule has 0 bridgehead atoms. The van der Waals surface area contributed by atoms with E-state index < -0.39 is 11.6 Å². The van der Waals surface area contributed by atoms with Gasteiger partial charge in [0.2, 0.25) is 0 Å². The number of halogens is 1. The third-order valence-electron chi connectivity index (χ3n) is 7.12. The largest absolute Gasteiger partial charge is 0.478 e. The number of carboxylic acids is 1. The molecule has 1 aromatic carbocycles. The molecule has 158 valence electrons. The first kappa shape index (κ1) is 20.5. The summed E-state index contributed by atoms with van der Waals surface area (Å²) in [4.78, 5) is 25.8. The summed E-state index contributed by atoms with van der Waals surface area (Å²) in [7, 11) is 0. The number of nitrogens with zero attached hydrogens (tertiary/aromatic N) is 1. The van der Waals surface area contributed by atoms with Crippen LogP contribution in [0.1, 0.15) is 67.3 Å². The lowest BCUT2D eigenvalue weighted by molar-refractivity contribution is -0.159. The first-order chi connectivity index (χ1) is 13.9. The molecule has 29 heavy (non-hydrogen) atoms. The Balaban J connectivity index is 1.29. The third kappa shape index (κ3) is 4.24. The van der Waals surface area contributed by atoms with E-state index in [1.165, 1.54) is 18.2 Å². The van der Waals surface area contributed by atoms with Crippen LogP contribution in [0.2, 0.25) is 0 Å². The summed E-state index contributed by atoms with van der Waals surface area (Å²) < 4.78 is 20.4. The molecule has 1 aromatic rings. The Labute approximate surface area is 171 Å². The Hall–Kier alpha value is -1.79. The predicted molar refractivity (Wildman–Crippen MR) is 107 cm³/mol. The van der Waals surface area contributed by atoms with Crippen LogP contribution in [0.3, 0.4) is 0 Å². The maximum Gasteiger partial charge on any atom is 0.335 e. The second kappa shape index (κ2) is 8.15. The molecule has 2 heterocycles. The van der Waals surface area contributed by atoms with E-state index in [0.29, 0.717) is 24.0 Å². The molecule has 6 heteroatoms. The molecule has 1 N–H and O–H groups in total. The number of benzene rings is 1. The molecule has 0 radical (unpaired) electrons.